The predicted octanol–water partition coefficient (Wildman–Crippen LogP) is 4.02. The lowest BCUT2D eigenvalue weighted by atomic mass is 9.92. The first-order chi connectivity index (χ1) is 14.9. The smallest absolute Gasteiger partial charge is 0.321 e. The summed E-state index contributed by atoms with van der Waals surface area (Å²) >= 11 is 0. The largest absolute Gasteiger partial charge is 0.424 e. The van der Waals surface area contributed by atoms with E-state index in [1.54, 1.807) is 24.7 Å². The molecule has 1 unspecified atom stereocenters. The van der Waals surface area contributed by atoms with Gasteiger partial charge >= 0.3 is 6.01 Å². The molecule has 3 aromatic heterocycles. The maximum absolute atomic E-state index is 5.66. The van der Waals surface area contributed by atoms with Crippen molar-refractivity contribution >= 4 is 0 Å². The van der Waals surface area contributed by atoms with Crippen LogP contribution in [0.15, 0.2) is 73.3 Å². The van der Waals surface area contributed by atoms with Gasteiger partial charge in [0.15, 0.2) is 5.82 Å². The van der Waals surface area contributed by atoms with Crippen molar-refractivity contribution in [3.63, 3.8) is 0 Å². The molecule has 0 saturated heterocycles. The molecule has 1 aliphatic rings. The number of ether oxygens (including phenoxy) is 1. The van der Waals surface area contributed by atoms with Crippen molar-refractivity contribution in [3.8, 4) is 17.6 Å². The van der Waals surface area contributed by atoms with Gasteiger partial charge in [0.1, 0.15) is 5.75 Å². The second kappa shape index (κ2) is 8.42. The lowest BCUT2D eigenvalue weighted by Crippen LogP contribution is -2.25. The molecule has 1 atom stereocenters. The number of pyridine rings is 1. The SMILES string of the molecule is c1ccc(-n2ncc3c2CCCC3NCc2ccc(Oc3ncccn3)cc2)nc1. The molecular formula is C23H22N6O. The molecule has 0 radical (unpaired) electrons. The van der Waals surface area contributed by atoms with Crippen LogP contribution in [-0.4, -0.2) is 24.7 Å². The number of nitrogens with one attached hydrogen (secondary N) is 1. The van der Waals surface area contributed by atoms with E-state index in [-0.39, 0.29) is 0 Å². The second-order valence-corrected chi connectivity index (χ2v) is 7.25. The van der Waals surface area contributed by atoms with Crippen molar-refractivity contribution in [3.05, 3.63) is 90.1 Å². The Kier molecular flexibility index (Phi) is 5.18. The van der Waals surface area contributed by atoms with E-state index in [0.717, 1.165) is 37.4 Å². The summed E-state index contributed by atoms with van der Waals surface area (Å²) in [6.45, 7) is 0.779. The minimum Gasteiger partial charge on any atom is -0.424 e. The van der Waals surface area contributed by atoms with Gasteiger partial charge in [0.05, 0.1) is 11.9 Å². The zero-order chi connectivity index (χ0) is 20.2. The van der Waals surface area contributed by atoms with E-state index in [9.17, 15) is 0 Å². The first kappa shape index (κ1) is 18.4. The number of benzene rings is 1. The molecule has 0 spiro atoms. The Bertz CT molecular complexity index is 1100. The van der Waals surface area contributed by atoms with Crippen LogP contribution in [0.5, 0.6) is 11.8 Å². The van der Waals surface area contributed by atoms with Gasteiger partial charge in [0, 0.05) is 36.7 Å². The third-order valence-electron chi connectivity index (χ3n) is 5.28. The maximum Gasteiger partial charge on any atom is 0.321 e. The molecular weight excluding hydrogens is 376 g/mol. The van der Waals surface area contributed by atoms with Gasteiger partial charge < -0.3 is 10.1 Å². The number of aromatic nitrogens is 5. The van der Waals surface area contributed by atoms with E-state index >= 15 is 0 Å². The van der Waals surface area contributed by atoms with Crippen molar-refractivity contribution in [1.82, 2.24) is 30.0 Å². The Hall–Kier alpha value is -3.58. The van der Waals surface area contributed by atoms with Crippen molar-refractivity contribution < 1.29 is 4.74 Å². The summed E-state index contributed by atoms with van der Waals surface area (Å²) < 4.78 is 7.63. The summed E-state index contributed by atoms with van der Waals surface area (Å²) in [5.41, 5.74) is 3.72. The molecule has 0 fully saturated rings. The first-order valence-corrected chi connectivity index (χ1v) is 10.1. The Morgan fingerprint density at radius 2 is 1.80 bits per heavy atom. The number of rotatable bonds is 6. The van der Waals surface area contributed by atoms with Gasteiger partial charge in [-0.2, -0.15) is 5.10 Å². The molecule has 5 rings (SSSR count). The monoisotopic (exact) mass is 398 g/mol. The van der Waals surface area contributed by atoms with Crippen molar-refractivity contribution in [2.75, 3.05) is 0 Å². The third kappa shape index (κ3) is 3.92. The van der Waals surface area contributed by atoms with E-state index in [2.05, 4.69) is 37.5 Å². The minimum absolute atomic E-state index is 0.292. The number of hydrogen-bond donors (Lipinski definition) is 1. The highest BCUT2D eigenvalue weighted by atomic mass is 16.5. The lowest BCUT2D eigenvalue weighted by Gasteiger charge is -2.24. The molecule has 3 heterocycles. The van der Waals surface area contributed by atoms with Crippen LogP contribution < -0.4 is 10.1 Å². The van der Waals surface area contributed by atoms with Crippen LogP contribution in [0.25, 0.3) is 5.82 Å². The first-order valence-electron chi connectivity index (χ1n) is 10.1. The van der Waals surface area contributed by atoms with Crippen LogP contribution in [0.3, 0.4) is 0 Å². The van der Waals surface area contributed by atoms with Gasteiger partial charge in [-0.25, -0.2) is 19.6 Å². The van der Waals surface area contributed by atoms with Crippen molar-refractivity contribution in [2.24, 2.45) is 0 Å². The second-order valence-electron chi connectivity index (χ2n) is 7.25. The molecule has 30 heavy (non-hydrogen) atoms. The average molecular weight is 398 g/mol. The van der Waals surface area contributed by atoms with E-state index in [1.165, 1.54) is 16.8 Å². The molecule has 150 valence electrons. The number of hydrogen-bond acceptors (Lipinski definition) is 6. The van der Waals surface area contributed by atoms with Crippen LogP contribution in [0, 0.1) is 0 Å². The van der Waals surface area contributed by atoms with Gasteiger partial charge in [0.2, 0.25) is 0 Å². The molecule has 1 aliphatic carbocycles. The van der Waals surface area contributed by atoms with E-state index in [1.807, 2.05) is 41.2 Å². The molecule has 0 saturated carbocycles. The van der Waals surface area contributed by atoms with Gasteiger partial charge in [-0.15, -0.1) is 0 Å². The zero-order valence-electron chi connectivity index (χ0n) is 16.5. The van der Waals surface area contributed by atoms with Crippen molar-refractivity contribution in [1.29, 1.82) is 0 Å². The summed E-state index contributed by atoms with van der Waals surface area (Å²) in [5.74, 6) is 1.60. The molecule has 1 aromatic carbocycles. The van der Waals surface area contributed by atoms with E-state index in [4.69, 9.17) is 4.74 Å². The topological polar surface area (TPSA) is 77.8 Å². The molecule has 4 aromatic rings. The summed E-state index contributed by atoms with van der Waals surface area (Å²) in [5, 5.41) is 8.30. The minimum atomic E-state index is 0.292. The summed E-state index contributed by atoms with van der Waals surface area (Å²) in [7, 11) is 0. The standard InChI is InChI=1S/C23H22N6O/c1-2-12-24-22(7-1)29-21-6-3-5-20(19(21)16-28-29)27-15-17-8-10-18(11-9-17)30-23-25-13-4-14-26-23/h1-2,4,7-14,16,20,27H,3,5-6,15H2. The van der Waals surface area contributed by atoms with E-state index in [0.29, 0.717) is 12.1 Å². The third-order valence-corrected chi connectivity index (χ3v) is 5.28. The molecule has 7 nitrogen and oxygen atoms in total. The predicted molar refractivity (Wildman–Crippen MR) is 112 cm³/mol. The fourth-order valence-electron chi connectivity index (χ4n) is 3.81. The highest BCUT2D eigenvalue weighted by molar-refractivity contribution is 5.33. The number of nitrogens with zero attached hydrogens (tertiary/aromatic N) is 5. The van der Waals surface area contributed by atoms with Crippen LogP contribution in [0.4, 0.5) is 0 Å². The molecule has 1 N–H and O–H groups in total. The van der Waals surface area contributed by atoms with Crippen LogP contribution in [0.2, 0.25) is 0 Å². The van der Waals surface area contributed by atoms with Crippen LogP contribution in [0.1, 0.15) is 35.7 Å². The van der Waals surface area contributed by atoms with E-state index < -0.39 is 0 Å². The lowest BCUT2D eigenvalue weighted by molar-refractivity contribution is 0.440. The molecule has 7 heteroatoms. The van der Waals surface area contributed by atoms with Gasteiger partial charge in [0.25, 0.3) is 0 Å². The van der Waals surface area contributed by atoms with Gasteiger partial charge in [-0.1, -0.05) is 18.2 Å². The van der Waals surface area contributed by atoms with Crippen LogP contribution in [-0.2, 0) is 13.0 Å². The fraction of sp³-hybridized carbons (Fsp3) is 0.217. The zero-order valence-corrected chi connectivity index (χ0v) is 16.5. The fourth-order valence-corrected chi connectivity index (χ4v) is 3.81. The van der Waals surface area contributed by atoms with Crippen LogP contribution >= 0.6 is 0 Å². The Morgan fingerprint density at radius 1 is 0.967 bits per heavy atom. The Balaban J connectivity index is 1.25. The normalized spacial score (nSPS) is 15.5. The highest BCUT2D eigenvalue weighted by Gasteiger charge is 2.24. The highest BCUT2D eigenvalue weighted by Crippen LogP contribution is 2.31. The number of fused-ring (bicyclic) bond motifs is 1. The summed E-state index contributed by atoms with van der Waals surface area (Å²) in [6.07, 6.45) is 10.4. The van der Waals surface area contributed by atoms with Gasteiger partial charge in [-0.3, -0.25) is 0 Å². The quantitative estimate of drug-likeness (QED) is 0.529. The Morgan fingerprint density at radius 3 is 2.60 bits per heavy atom. The molecule has 0 bridgehead atoms. The Labute approximate surface area is 174 Å². The van der Waals surface area contributed by atoms with Crippen molar-refractivity contribution in [2.45, 2.75) is 31.8 Å². The summed E-state index contributed by atoms with van der Waals surface area (Å²) in [4.78, 5) is 12.6. The average Bonchev–Trinajstić information content (AvgIpc) is 3.25. The van der Waals surface area contributed by atoms with Gasteiger partial charge in [-0.05, 0) is 55.2 Å². The molecule has 0 amide bonds. The summed E-state index contributed by atoms with van der Waals surface area (Å²) in [6, 6.07) is 16.3. The maximum atomic E-state index is 5.66. The molecule has 0 aliphatic heterocycles.